The zero-order valence-electron chi connectivity index (χ0n) is 12.2. The molecule has 2 N–H and O–H groups in total. The Bertz CT molecular complexity index is 312. The third kappa shape index (κ3) is 5.59. The van der Waals surface area contributed by atoms with Gasteiger partial charge in [-0.25, -0.2) is 4.79 Å². The van der Waals surface area contributed by atoms with Crippen molar-refractivity contribution in [1.82, 2.24) is 10.2 Å². The number of nitrogens with zero attached hydrogens (tertiary/aromatic N) is 1. The lowest BCUT2D eigenvalue weighted by Gasteiger charge is -2.32. The first-order chi connectivity index (χ1) is 8.90. The highest BCUT2D eigenvalue weighted by Gasteiger charge is 2.28. The molecule has 1 aliphatic rings. The molecule has 0 spiro atoms. The van der Waals surface area contributed by atoms with Gasteiger partial charge in [-0.2, -0.15) is 0 Å². The van der Waals surface area contributed by atoms with Crippen LogP contribution in [0.15, 0.2) is 0 Å². The van der Waals surface area contributed by atoms with Crippen LogP contribution in [0, 0.1) is 5.92 Å². The molecule has 0 aromatic heterocycles. The Morgan fingerprint density at radius 1 is 1.26 bits per heavy atom. The molecule has 1 rings (SSSR count). The SMILES string of the molecule is CC(=O)NC(CN(CC(C)C)C1CCCC1)C(=O)O. The molecular weight excluding hydrogens is 244 g/mol. The topological polar surface area (TPSA) is 69.6 Å². The molecule has 110 valence electrons. The lowest BCUT2D eigenvalue weighted by molar-refractivity contribution is -0.142. The average molecular weight is 270 g/mol. The van der Waals surface area contributed by atoms with Crippen molar-refractivity contribution in [2.75, 3.05) is 13.1 Å². The van der Waals surface area contributed by atoms with E-state index in [0.29, 0.717) is 18.5 Å². The number of rotatable bonds is 7. The third-order valence-electron chi connectivity index (χ3n) is 3.53. The van der Waals surface area contributed by atoms with Gasteiger partial charge < -0.3 is 10.4 Å². The number of amides is 1. The monoisotopic (exact) mass is 270 g/mol. The fourth-order valence-corrected chi connectivity index (χ4v) is 2.78. The number of carboxylic acids is 1. The summed E-state index contributed by atoms with van der Waals surface area (Å²) in [4.78, 5) is 24.6. The summed E-state index contributed by atoms with van der Waals surface area (Å²) in [5.41, 5.74) is 0. The minimum absolute atomic E-state index is 0.289. The van der Waals surface area contributed by atoms with Crippen molar-refractivity contribution in [3.63, 3.8) is 0 Å². The highest BCUT2D eigenvalue weighted by atomic mass is 16.4. The maximum atomic E-state index is 11.2. The van der Waals surface area contributed by atoms with Gasteiger partial charge in [0.15, 0.2) is 0 Å². The molecule has 5 nitrogen and oxygen atoms in total. The van der Waals surface area contributed by atoms with E-state index in [9.17, 15) is 14.7 Å². The summed E-state index contributed by atoms with van der Waals surface area (Å²) in [5.74, 6) is -0.752. The third-order valence-corrected chi connectivity index (χ3v) is 3.53. The van der Waals surface area contributed by atoms with Crippen LogP contribution in [0.5, 0.6) is 0 Å². The summed E-state index contributed by atoms with van der Waals surface area (Å²) in [6.45, 7) is 6.91. The van der Waals surface area contributed by atoms with Gasteiger partial charge in [-0.15, -0.1) is 0 Å². The van der Waals surface area contributed by atoms with Gasteiger partial charge in [0.25, 0.3) is 0 Å². The molecule has 5 heteroatoms. The molecule has 1 unspecified atom stereocenters. The fourth-order valence-electron chi connectivity index (χ4n) is 2.78. The second-order valence-corrected chi connectivity index (χ2v) is 5.88. The van der Waals surface area contributed by atoms with Gasteiger partial charge in [-0.05, 0) is 18.8 Å². The molecular formula is C14H26N2O3. The number of nitrogens with one attached hydrogen (secondary N) is 1. The first-order valence-electron chi connectivity index (χ1n) is 7.14. The zero-order valence-corrected chi connectivity index (χ0v) is 12.2. The van der Waals surface area contributed by atoms with Gasteiger partial charge in [0.2, 0.25) is 5.91 Å². The van der Waals surface area contributed by atoms with E-state index < -0.39 is 12.0 Å². The lowest BCUT2D eigenvalue weighted by Crippen LogP contribution is -2.50. The van der Waals surface area contributed by atoms with Crippen LogP contribution in [0.1, 0.15) is 46.5 Å². The molecule has 0 aliphatic heterocycles. The summed E-state index contributed by atoms with van der Waals surface area (Å²) in [7, 11) is 0. The van der Waals surface area contributed by atoms with Crippen molar-refractivity contribution in [3.05, 3.63) is 0 Å². The number of carboxylic acid groups (broad SMARTS) is 1. The van der Waals surface area contributed by atoms with E-state index in [2.05, 4.69) is 24.1 Å². The van der Waals surface area contributed by atoms with Gasteiger partial charge in [-0.3, -0.25) is 9.69 Å². The molecule has 0 saturated heterocycles. The van der Waals surface area contributed by atoms with Crippen molar-refractivity contribution in [3.8, 4) is 0 Å². The summed E-state index contributed by atoms with van der Waals surface area (Å²) in [6, 6.07) is -0.338. The number of hydrogen-bond acceptors (Lipinski definition) is 3. The van der Waals surface area contributed by atoms with Gasteiger partial charge >= 0.3 is 5.97 Å². The van der Waals surface area contributed by atoms with E-state index in [1.165, 1.54) is 19.8 Å². The summed E-state index contributed by atoms with van der Waals surface area (Å²) >= 11 is 0. The molecule has 1 amide bonds. The highest BCUT2D eigenvalue weighted by Crippen LogP contribution is 2.24. The van der Waals surface area contributed by atoms with Crippen LogP contribution in [0.3, 0.4) is 0 Å². The van der Waals surface area contributed by atoms with Crippen LogP contribution in [-0.2, 0) is 9.59 Å². The Kier molecular flexibility index (Phi) is 6.28. The Hall–Kier alpha value is -1.10. The van der Waals surface area contributed by atoms with E-state index in [1.807, 2.05) is 0 Å². The Labute approximate surface area is 115 Å². The fraction of sp³-hybridized carbons (Fsp3) is 0.857. The second kappa shape index (κ2) is 7.48. The predicted molar refractivity (Wildman–Crippen MR) is 73.9 cm³/mol. The van der Waals surface area contributed by atoms with Gasteiger partial charge in [-0.1, -0.05) is 26.7 Å². The molecule has 1 aliphatic carbocycles. The smallest absolute Gasteiger partial charge is 0.327 e. The maximum absolute atomic E-state index is 11.2. The second-order valence-electron chi connectivity index (χ2n) is 5.88. The van der Waals surface area contributed by atoms with Gasteiger partial charge in [0.1, 0.15) is 6.04 Å². The van der Waals surface area contributed by atoms with E-state index in [0.717, 1.165) is 19.4 Å². The molecule has 0 aromatic carbocycles. The number of hydrogen-bond donors (Lipinski definition) is 2. The van der Waals surface area contributed by atoms with Crippen LogP contribution in [-0.4, -0.2) is 47.1 Å². The highest BCUT2D eigenvalue weighted by molar-refractivity contribution is 5.82. The van der Waals surface area contributed by atoms with E-state index in [4.69, 9.17) is 0 Å². The van der Waals surface area contributed by atoms with E-state index in [1.54, 1.807) is 0 Å². The molecule has 0 aromatic rings. The molecule has 1 atom stereocenters. The Morgan fingerprint density at radius 2 is 1.84 bits per heavy atom. The maximum Gasteiger partial charge on any atom is 0.327 e. The normalized spacial score (nSPS) is 17.9. The van der Waals surface area contributed by atoms with Crippen molar-refractivity contribution in [1.29, 1.82) is 0 Å². The Morgan fingerprint density at radius 3 is 2.26 bits per heavy atom. The van der Waals surface area contributed by atoms with Crippen molar-refractivity contribution < 1.29 is 14.7 Å². The molecule has 0 heterocycles. The molecule has 1 fully saturated rings. The molecule has 1 saturated carbocycles. The number of aliphatic carboxylic acids is 1. The molecule has 19 heavy (non-hydrogen) atoms. The summed E-state index contributed by atoms with van der Waals surface area (Å²) in [5, 5.41) is 11.7. The van der Waals surface area contributed by atoms with Crippen molar-refractivity contribution >= 4 is 11.9 Å². The zero-order chi connectivity index (χ0) is 14.4. The van der Waals surface area contributed by atoms with Gasteiger partial charge in [0, 0.05) is 26.1 Å². The van der Waals surface area contributed by atoms with Crippen molar-refractivity contribution in [2.24, 2.45) is 5.92 Å². The predicted octanol–water partition coefficient (Wildman–Crippen LogP) is 1.48. The lowest BCUT2D eigenvalue weighted by atomic mass is 10.1. The van der Waals surface area contributed by atoms with E-state index >= 15 is 0 Å². The minimum atomic E-state index is -0.957. The van der Waals surface area contributed by atoms with E-state index in [-0.39, 0.29) is 5.91 Å². The first kappa shape index (κ1) is 16.0. The number of carbonyl (C=O) groups is 2. The Balaban J connectivity index is 2.66. The average Bonchev–Trinajstić information content (AvgIpc) is 2.78. The summed E-state index contributed by atoms with van der Waals surface area (Å²) < 4.78 is 0. The van der Waals surface area contributed by atoms with Crippen LogP contribution in [0.4, 0.5) is 0 Å². The summed E-state index contributed by atoms with van der Waals surface area (Å²) in [6.07, 6.45) is 4.71. The minimum Gasteiger partial charge on any atom is -0.480 e. The van der Waals surface area contributed by atoms with Gasteiger partial charge in [0.05, 0.1) is 0 Å². The number of carbonyl (C=O) groups excluding carboxylic acids is 1. The van der Waals surface area contributed by atoms with Crippen LogP contribution in [0.2, 0.25) is 0 Å². The largest absolute Gasteiger partial charge is 0.480 e. The molecule has 0 radical (unpaired) electrons. The quantitative estimate of drug-likeness (QED) is 0.735. The standard InChI is InChI=1S/C14H26N2O3/c1-10(2)8-16(12-6-4-5-7-12)9-13(14(18)19)15-11(3)17/h10,12-13H,4-9H2,1-3H3,(H,15,17)(H,18,19). The molecule has 0 bridgehead atoms. The first-order valence-corrected chi connectivity index (χ1v) is 7.14. The van der Waals surface area contributed by atoms with Crippen molar-refractivity contribution in [2.45, 2.75) is 58.5 Å². The van der Waals surface area contributed by atoms with Crippen LogP contribution in [0.25, 0.3) is 0 Å². The van der Waals surface area contributed by atoms with Crippen LogP contribution >= 0.6 is 0 Å². The van der Waals surface area contributed by atoms with Crippen LogP contribution < -0.4 is 5.32 Å².